The fourth-order valence-corrected chi connectivity index (χ4v) is 4.73. The highest BCUT2D eigenvalue weighted by Gasteiger charge is 2.46. The molecule has 0 heterocycles. The maximum absolute atomic E-state index is 12.3. The van der Waals surface area contributed by atoms with Crippen LogP contribution in [-0.2, 0) is 14.3 Å². The van der Waals surface area contributed by atoms with Crippen molar-refractivity contribution >= 4 is 18.0 Å². The van der Waals surface area contributed by atoms with Crippen molar-refractivity contribution in [1.82, 2.24) is 10.6 Å². The lowest BCUT2D eigenvalue weighted by Crippen LogP contribution is -2.43. The summed E-state index contributed by atoms with van der Waals surface area (Å²) in [7, 11) is 0. The van der Waals surface area contributed by atoms with E-state index in [-0.39, 0.29) is 36.2 Å². The molecule has 0 saturated heterocycles. The average Bonchev–Trinajstić information content (AvgIpc) is 3.72. The molecule has 2 amide bonds. The Morgan fingerprint density at radius 3 is 2.22 bits per heavy atom. The molecular formula is C25H26N2O5. The van der Waals surface area contributed by atoms with Crippen LogP contribution in [0.3, 0.4) is 0 Å². The van der Waals surface area contributed by atoms with Gasteiger partial charge in [0, 0.05) is 18.4 Å². The van der Waals surface area contributed by atoms with Crippen LogP contribution in [0.1, 0.15) is 36.3 Å². The van der Waals surface area contributed by atoms with Crippen molar-refractivity contribution in [2.45, 2.75) is 31.2 Å². The number of nitrogens with one attached hydrogen (secondary N) is 2. The first-order chi connectivity index (χ1) is 15.5. The largest absolute Gasteiger partial charge is 0.480 e. The molecule has 0 radical (unpaired) electrons. The Morgan fingerprint density at radius 1 is 1.00 bits per heavy atom. The Hall–Kier alpha value is -3.35. The summed E-state index contributed by atoms with van der Waals surface area (Å²) in [6, 6.07) is 15.5. The molecule has 0 aliphatic heterocycles. The van der Waals surface area contributed by atoms with Crippen LogP contribution in [0.15, 0.2) is 48.5 Å². The number of carbonyl (C=O) groups is 3. The molecule has 3 aliphatic rings. The molecule has 32 heavy (non-hydrogen) atoms. The van der Waals surface area contributed by atoms with Gasteiger partial charge in [0.05, 0.1) is 0 Å². The lowest BCUT2D eigenvalue weighted by molar-refractivity contribution is -0.142. The molecule has 5 rings (SSSR count). The van der Waals surface area contributed by atoms with Crippen LogP contribution in [0.2, 0.25) is 0 Å². The maximum atomic E-state index is 12.3. The molecule has 2 aromatic rings. The summed E-state index contributed by atoms with van der Waals surface area (Å²) in [6.45, 7) is 0.589. The lowest BCUT2D eigenvalue weighted by atomic mass is 9.98. The standard InChI is InChI=1S/C25H26N2O5/c28-23(27-22(24(29)30)14-9-10-14)20-11-15(20)12-26-25(31)32-13-21-18-7-3-1-5-16(18)17-6-2-4-8-19(17)21/h1-8,14-15,20-22H,9-13H2,(H,26,31)(H,27,28)(H,29,30). The number of hydrogen-bond donors (Lipinski definition) is 3. The van der Waals surface area contributed by atoms with Gasteiger partial charge < -0.3 is 20.5 Å². The Bertz CT molecular complexity index is 1020. The summed E-state index contributed by atoms with van der Waals surface area (Å²) in [5.41, 5.74) is 4.66. The highest BCUT2D eigenvalue weighted by Crippen LogP contribution is 2.44. The van der Waals surface area contributed by atoms with Crippen LogP contribution in [0.5, 0.6) is 0 Å². The zero-order valence-electron chi connectivity index (χ0n) is 17.6. The molecule has 3 atom stereocenters. The van der Waals surface area contributed by atoms with Gasteiger partial charge in [0.15, 0.2) is 0 Å². The number of rotatable bonds is 8. The molecule has 3 N–H and O–H groups in total. The number of carboxylic acids is 1. The highest BCUT2D eigenvalue weighted by atomic mass is 16.5. The Kier molecular flexibility index (Phi) is 5.33. The minimum atomic E-state index is -0.977. The minimum Gasteiger partial charge on any atom is -0.480 e. The van der Waals surface area contributed by atoms with Gasteiger partial charge in [-0.25, -0.2) is 9.59 Å². The van der Waals surface area contributed by atoms with E-state index in [2.05, 4.69) is 34.9 Å². The third-order valence-corrected chi connectivity index (χ3v) is 6.77. The summed E-state index contributed by atoms with van der Waals surface area (Å²) in [4.78, 5) is 35.9. The average molecular weight is 434 g/mol. The van der Waals surface area contributed by atoms with Crippen molar-refractivity contribution in [2.24, 2.45) is 17.8 Å². The number of amides is 2. The van der Waals surface area contributed by atoms with Crippen LogP contribution in [0.4, 0.5) is 4.79 Å². The van der Waals surface area contributed by atoms with Crippen molar-refractivity contribution in [3.8, 4) is 11.1 Å². The molecular weight excluding hydrogens is 408 g/mol. The highest BCUT2D eigenvalue weighted by molar-refractivity contribution is 5.87. The van der Waals surface area contributed by atoms with Crippen molar-refractivity contribution in [1.29, 1.82) is 0 Å². The molecule has 2 fully saturated rings. The number of carbonyl (C=O) groups excluding carboxylic acids is 2. The van der Waals surface area contributed by atoms with E-state index in [4.69, 9.17) is 4.74 Å². The van der Waals surface area contributed by atoms with Crippen molar-refractivity contribution in [3.63, 3.8) is 0 Å². The van der Waals surface area contributed by atoms with Crippen molar-refractivity contribution in [3.05, 3.63) is 59.7 Å². The number of aliphatic carboxylic acids is 1. The lowest BCUT2D eigenvalue weighted by Gasteiger charge is -2.15. The van der Waals surface area contributed by atoms with Gasteiger partial charge in [0.1, 0.15) is 12.6 Å². The summed E-state index contributed by atoms with van der Waals surface area (Å²) < 4.78 is 5.52. The number of carboxylic acid groups (broad SMARTS) is 1. The zero-order chi connectivity index (χ0) is 22.2. The molecule has 3 aliphatic carbocycles. The molecule has 0 bridgehead atoms. The SMILES string of the molecule is O=C(NCC1CC1C(=O)NC(C(=O)O)C1CC1)OCC1c2ccccc2-c2ccccc21. The van der Waals surface area contributed by atoms with E-state index in [0.29, 0.717) is 13.0 Å². The third kappa shape index (κ3) is 4.07. The second-order valence-corrected chi connectivity index (χ2v) is 8.97. The Labute approximate surface area is 186 Å². The molecule has 0 spiro atoms. The molecule has 0 aromatic heterocycles. The molecule has 2 aromatic carbocycles. The monoisotopic (exact) mass is 434 g/mol. The van der Waals surface area contributed by atoms with Gasteiger partial charge in [0.25, 0.3) is 0 Å². The molecule has 7 heteroatoms. The molecule has 3 unspecified atom stereocenters. The zero-order valence-corrected chi connectivity index (χ0v) is 17.6. The van der Waals surface area contributed by atoms with E-state index >= 15 is 0 Å². The summed E-state index contributed by atoms with van der Waals surface area (Å²) >= 11 is 0. The van der Waals surface area contributed by atoms with Gasteiger partial charge in [-0.15, -0.1) is 0 Å². The Morgan fingerprint density at radius 2 is 1.62 bits per heavy atom. The van der Waals surface area contributed by atoms with Crippen LogP contribution in [-0.4, -0.2) is 42.3 Å². The van der Waals surface area contributed by atoms with Gasteiger partial charge in [0.2, 0.25) is 5.91 Å². The second-order valence-electron chi connectivity index (χ2n) is 8.97. The quantitative estimate of drug-likeness (QED) is 0.592. The number of benzene rings is 2. The molecule has 2 saturated carbocycles. The van der Waals surface area contributed by atoms with E-state index in [9.17, 15) is 19.5 Å². The number of fused-ring (bicyclic) bond motifs is 3. The predicted octanol–water partition coefficient (Wildman–Crippen LogP) is 3.14. The minimum absolute atomic E-state index is 0.00276. The van der Waals surface area contributed by atoms with Crippen LogP contribution in [0.25, 0.3) is 11.1 Å². The number of alkyl carbamates (subject to hydrolysis) is 1. The Balaban J connectivity index is 1.10. The molecule has 7 nitrogen and oxygen atoms in total. The van der Waals surface area contributed by atoms with E-state index in [1.54, 1.807) is 0 Å². The summed E-state index contributed by atoms with van der Waals surface area (Å²) in [5.74, 6) is -1.39. The third-order valence-electron chi connectivity index (χ3n) is 6.77. The first kappa shape index (κ1) is 20.5. The fraction of sp³-hybridized carbons (Fsp3) is 0.400. The van der Waals surface area contributed by atoms with Gasteiger partial charge in [-0.1, -0.05) is 48.5 Å². The van der Waals surface area contributed by atoms with Crippen LogP contribution < -0.4 is 10.6 Å². The molecule has 166 valence electrons. The van der Waals surface area contributed by atoms with E-state index < -0.39 is 18.1 Å². The van der Waals surface area contributed by atoms with E-state index in [1.165, 1.54) is 11.1 Å². The predicted molar refractivity (Wildman–Crippen MR) is 117 cm³/mol. The summed E-state index contributed by atoms with van der Waals surface area (Å²) in [6.07, 6.45) is 1.83. The number of hydrogen-bond acceptors (Lipinski definition) is 4. The smallest absolute Gasteiger partial charge is 0.407 e. The maximum Gasteiger partial charge on any atom is 0.407 e. The van der Waals surface area contributed by atoms with Gasteiger partial charge in [-0.05, 0) is 53.4 Å². The topological polar surface area (TPSA) is 105 Å². The normalized spacial score (nSPS) is 21.8. The van der Waals surface area contributed by atoms with Gasteiger partial charge in [-0.2, -0.15) is 0 Å². The first-order valence-electron chi connectivity index (χ1n) is 11.1. The van der Waals surface area contributed by atoms with E-state index in [0.717, 1.165) is 24.0 Å². The van der Waals surface area contributed by atoms with Gasteiger partial charge in [-0.3, -0.25) is 4.79 Å². The second kappa shape index (κ2) is 8.30. The summed E-state index contributed by atoms with van der Waals surface area (Å²) in [5, 5.41) is 14.7. The van der Waals surface area contributed by atoms with Gasteiger partial charge >= 0.3 is 12.1 Å². The van der Waals surface area contributed by atoms with Crippen molar-refractivity contribution < 1.29 is 24.2 Å². The fourth-order valence-electron chi connectivity index (χ4n) is 4.73. The van der Waals surface area contributed by atoms with E-state index in [1.807, 2.05) is 24.3 Å². The van der Waals surface area contributed by atoms with Crippen LogP contribution >= 0.6 is 0 Å². The van der Waals surface area contributed by atoms with Crippen molar-refractivity contribution in [2.75, 3.05) is 13.2 Å². The first-order valence-corrected chi connectivity index (χ1v) is 11.1. The van der Waals surface area contributed by atoms with Crippen LogP contribution in [0, 0.1) is 17.8 Å². The number of ether oxygens (including phenoxy) is 1.